The Hall–Kier alpha value is -0.380. The second-order valence-corrected chi connectivity index (χ2v) is 7.22. The van der Waals surface area contributed by atoms with Crippen LogP contribution in [0.2, 0.25) is 5.02 Å². The molecule has 0 bridgehead atoms. The molecule has 2 rings (SSSR count). The Kier molecular flexibility index (Phi) is 5.04. The lowest BCUT2D eigenvalue weighted by Gasteiger charge is -2.39. The molecule has 1 fully saturated rings. The van der Waals surface area contributed by atoms with Crippen molar-refractivity contribution >= 4 is 23.4 Å². The average Bonchev–Trinajstić information content (AvgIpc) is 2.38. The van der Waals surface area contributed by atoms with Gasteiger partial charge in [0.25, 0.3) is 0 Å². The predicted molar refractivity (Wildman–Crippen MR) is 84.4 cm³/mol. The van der Waals surface area contributed by atoms with Gasteiger partial charge in [-0.2, -0.15) is 11.8 Å². The number of thioether (sulfide) groups is 1. The van der Waals surface area contributed by atoms with E-state index >= 15 is 0 Å². The van der Waals surface area contributed by atoms with Gasteiger partial charge in [-0.05, 0) is 29.7 Å². The van der Waals surface area contributed by atoms with Crippen molar-refractivity contribution in [3.63, 3.8) is 0 Å². The third-order valence-corrected chi connectivity index (χ3v) is 5.36. The van der Waals surface area contributed by atoms with Crippen molar-refractivity contribution in [3.05, 3.63) is 28.8 Å². The first-order valence-corrected chi connectivity index (χ1v) is 8.20. The Morgan fingerprint density at radius 3 is 2.95 bits per heavy atom. The van der Waals surface area contributed by atoms with E-state index in [-0.39, 0.29) is 0 Å². The van der Waals surface area contributed by atoms with Crippen molar-refractivity contribution in [3.8, 4) is 5.75 Å². The van der Waals surface area contributed by atoms with E-state index in [0.29, 0.717) is 11.5 Å². The fourth-order valence-electron chi connectivity index (χ4n) is 2.40. The summed E-state index contributed by atoms with van der Waals surface area (Å²) >= 11 is 8.30. The molecule has 1 unspecified atom stereocenters. The fraction of sp³-hybridized carbons (Fsp3) is 0.600. The summed E-state index contributed by atoms with van der Waals surface area (Å²) in [6, 6.07) is 6.32. The van der Waals surface area contributed by atoms with E-state index in [1.54, 1.807) is 7.11 Å². The van der Waals surface area contributed by atoms with E-state index in [2.05, 4.69) is 19.2 Å². The summed E-state index contributed by atoms with van der Waals surface area (Å²) in [5.41, 5.74) is 1.40. The molecule has 0 amide bonds. The molecule has 0 radical (unpaired) electrons. The molecule has 1 aliphatic heterocycles. The van der Waals surface area contributed by atoms with Crippen LogP contribution in [-0.2, 0) is 6.54 Å². The largest absolute Gasteiger partial charge is 0.496 e. The predicted octanol–water partition coefficient (Wildman–Crippen LogP) is 3.97. The first-order valence-electron chi connectivity index (χ1n) is 6.67. The minimum absolute atomic E-state index is 0.347. The van der Waals surface area contributed by atoms with E-state index in [9.17, 15) is 0 Å². The molecule has 0 spiro atoms. The molecule has 2 nitrogen and oxygen atoms in total. The quantitative estimate of drug-likeness (QED) is 0.909. The summed E-state index contributed by atoms with van der Waals surface area (Å²) in [5, 5.41) is 4.43. The van der Waals surface area contributed by atoms with Crippen molar-refractivity contribution in [1.29, 1.82) is 0 Å². The van der Waals surface area contributed by atoms with Crippen molar-refractivity contribution < 1.29 is 4.74 Å². The summed E-state index contributed by atoms with van der Waals surface area (Å²) in [4.78, 5) is 0. The van der Waals surface area contributed by atoms with Crippen LogP contribution in [0.1, 0.15) is 25.8 Å². The van der Waals surface area contributed by atoms with Gasteiger partial charge in [-0.1, -0.05) is 31.5 Å². The van der Waals surface area contributed by atoms with Crippen LogP contribution < -0.4 is 10.1 Å². The second-order valence-electron chi connectivity index (χ2n) is 5.67. The summed E-state index contributed by atoms with van der Waals surface area (Å²) in [5.74, 6) is 3.29. The molecule has 1 aromatic rings. The van der Waals surface area contributed by atoms with Crippen molar-refractivity contribution in [2.45, 2.75) is 32.9 Å². The second kappa shape index (κ2) is 6.38. The van der Waals surface area contributed by atoms with Crippen molar-refractivity contribution in [2.24, 2.45) is 5.41 Å². The summed E-state index contributed by atoms with van der Waals surface area (Å²) in [7, 11) is 1.69. The maximum Gasteiger partial charge on any atom is 0.124 e. The van der Waals surface area contributed by atoms with Crippen LogP contribution in [0.25, 0.3) is 0 Å². The number of methoxy groups -OCH3 is 1. The number of hydrogen-bond donors (Lipinski definition) is 1. The molecule has 19 heavy (non-hydrogen) atoms. The number of ether oxygens (including phenoxy) is 1. The molecule has 0 aliphatic carbocycles. The molecule has 1 N–H and O–H groups in total. The lowest BCUT2D eigenvalue weighted by Crippen LogP contribution is -2.46. The third-order valence-electron chi connectivity index (χ3n) is 3.94. The Bertz CT molecular complexity index is 436. The Morgan fingerprint density at radius 2 is 2.26 bits per heavy atom. The molecule has 106 valence electrons. The van der Waals surface area contributed by atoms with E-state index in [1.165, 1.54) is 17.9 Å². The van der Waals surface area contributed by atoms with Gasteiger partial charge in [0.15, 0.2) is 0 Å². The topological polar surface area (TPSA) is 21.3 Å². The summed E-state index contributed by atoms with van der Waals surface area (Å²) in [6.07, 6.45) is 1.26. The highest BCUT2D eigenvalue weighted by Gasteiger charge is 2.32. The van der Waals surface area contributed by atoms with E-state index in [4.69, 9.17) is 16.3 Å². The van der Waals surface area contributed by atoms with Gasteiger partial charge in [0.05, 0.1) is 7.11 Å². The molecule has 1 aromatic carbocycles. The van der Waals surface area contributed by atoms with Gasteiger partial charge < -0.3 is 10.1 Å². The highest BCUT2D eigenvalue weighted by Crippen LogP contribution is 2.35. The molecule has 1 atom stereocenters. The number of nitrogens with one attached hydrogen (secondary N) is 1. The molecule has 1 saturated heterocycles. The van der Waals surface area contributed by atoms with Gasteiger partial charge >= 0.3 is 0 Å². The van der Waals surface area contributed by atoms with Crippen LogP contribution in [0.4, 0.5) is 0 Å². The summed E-state index contributed by atoms with van der Waals surface area (Å²) in [6.45, 7) is 5.44. The number of rotatable bonds is 4. The van der Waals surface area contributed by atoms with E-state index in [0.717, 1.165) is 22.9 Å². The fourth-order valence-corrected chi connectivity index (χ4v) is 4.27. The first kappa shape index (κ1) is 15.0. The van der Waals surface area contributed by atoms with Crippen LogP contribution in [0, 0.1) is 5.41 Å². The first-order chi connectivity index (χ1) is 9.04. The maximum atomic E-state index is 6.27. The lowest BCUT2D eigenvalue weighted by molar-refractivity contribution is 0.244. The Morgan fingerprint density at radius 1 is 1.47 bits per heavy atom. The van der Waals surface area contributed by atoms with Crippen molar-refractivity contribution in [1.82, 2.24) is 5.32 Å². The zero-order valence-electron chi connectivity index (χ0n) is 11.8. The van der Waals surface area contributed by atoms with Gasteiger partial charge in [0.1, 0.15) is 5.75 Å². The lowest BCUT2D eigenvalue weighted by atomic mass is 9.82. The number of benzene rings is 1. The van der Waals surface area contributed by atoms with Crippen LogP contribution in [0.15, 0.2) is 18.2 Å². The number of halogens is 1. The minimum Gasteiger partial charge on any atom is -0.496 e. The number of hydrogen-bond acceptors (Lipinski definition) is 3. The molecule has 0 saturated carbocycles. The molecular weight excluding hydrogens is 278 g/mol. The Labute approximate surface area is 125 Å². The normalized spacial score (nSPS) is 22.2. The molecule has 1 aliphatic rings. The van der Waals surface area contributed by atoms with Gasteiger partial charge in [-0.25, -0.2) is 0 Å². The molecule has 0 aromatic heterocycles. The summed E-state index contributed by atoms with van der Waals surface area (Å²) < 4.78 is 5.39. The average molecular weight is 300 g/mol. The molecular formula is C15H22ClNOS. The zero-order valence-corrected chi connectivity index (χ0v) is 13.4. The van der Waals surface area contributed by atoms with Crippen LogP contribution in [0.3, 0.4) is 0 Å². The SMILES string of the molecule is COc1cccc(Cl)c1CNC1CSCCC1(C)C. The van der Waals surface area contributed by atoms with Gasteiger partial charge in [-0.3, -0.25) is 0 Å². The Balaban J connectivity index is 2.06. The van der Waals surface area contributed by atoms with E-state index in [1.807, 2.05) is 30.0 Å². The van der Waals surface area contributed by atoms with Gasteiger partial charge in [-0.15, -0.1) is 0 Å². The van der Waals surface area contributed by atoms with Crippen molar-refractivity contribution in [2.75, 3.05) is 18.6 Å². The highest BCUT2D eigenvalue weighted by molar-refractivity contribution is 7.99. The van der Waals surface area contributed by atoms with Gasteiger partial charge in [0, 0.05) is 28.9 Å². The smallest absolute Gasteiger partial charge is 0.124 e. The monoisotopic (exact) mass is 299 g/mol. The van der Waals surface area contributed by atoms with Crippen LogP contribution in [-0.4, -0.2) is 24.7 Å². The van der Waals surface area contributed by atoms with Crippen LogP contribution >= 0.6 is 23.4 Å². The maximum absolute atomic E-state index is 6.27. The van der Waals surface area contributed by atoms with E-state index < -0.39 is 0 Å². The molecule has 4 heteroatoms. The highest BCUT2D eigenvalue weighted by atomic mass is 35.5. The van der Waals surface area contributed by atoms with Gasteiger partial charge in [0.2, 0.25) is 0 Å². The molecule has 1 heterocycles. The minimum atomic E-state index is 0.347. The standard InChI is InChI=1S/C15H22ClNOS/c1-15(2)7-8-19-10-14(15)17-9-11-12(16)5-4-6-13(11)18-3/h4-6,14,17H,7-10H2,1-3H3. The third kappa shape index (κ3) is 3.59. The van der Waals surface area contributed by atoms with Crippen LogP contribution in [0.5, 0.6) is 5.75 Å². The zero-order chi connectivity index (χ0) is 13.9.